The van der Waals surface area contributed by atoms with E-state index >= 15 is 0 Å². The van der Waals surface area contributed by atoms with Gasteiger partial charge in [-0.15, -0.1) is 0 Å². The first-order valence-electron chi connectivity index (χ1n) is 9.27. The van der Waals surface area contributed by atoms with E-state index in [0.29, 0.717) is 11.3 Å². The van der Waals surface area contributed by atoms with Crippen molar-refractivity contribution in [3.05, 3.63) is 72.2 Å². The molecule has 2 heterocycles. The average molecular weight is 407 g/mol. The Labute approximate surface area is 171 Å². The molecule has 1 aliphatic rings. The minimum absolute atomic E-state index is 0.153. The number of nitrogens with one attached hydrogen (secondary N) is 3. The summed E-state index contributed by atoms with van der Waals surface area (Å²) < 4.78 is 15.0. The number of aromatic nitrogens is 2. The van der Waals surface area contributed by atoms with Crippen LogP contribution in [0.5, 0.6) is 0 Å². The van der Waals surface area contributed by atoms with Crippen molar-refractivity contribution in [2.24, 2.45) is 0 Å². The van der Waals surface area contributed by atoms with E-state index in [1.807, 2.05) is 30.3 Å². The molecule has 0 saturated carbocycles. The van der Waals surface area contributed by atoms with Gasteiger partial charge in [-0.1, -0.05) is 18.2 Å². The number of hydrogen-bond donors (Lipinski definition) is 3. The molecule has 3 N–H and O–H groups in total. The molecular formula is C21H18FN5O3. The number of amides is 4. The van der Waals surface area contributed by atoms with Gasteiger partial charge in [0.25, 0.3) is 5.91 Å². The molecule has 4 amide bonds. The molecule has 0 bridgehead atoms. The molecule has 1 fully saturated rings. The van der Waals surface area contributed by atoms with E-state index in [0.717, 1.165) is 11.3 Å². The summed E-state index contributed by atoms with van der Waals surface area (Å²) in [4.78, 5) is 35.1. The number of rotatable bonds is 6. The second kappa shape index (κ2) is 8.16. The van der Waals surface area contributed by atoms with Crippen molar-refractivity contribution in [3.8, 4) is 16.9 Å². The zero-order chi connectivity index (χ0) is 21.1. The average Bonchev–Trinajstić information content (AvgIpc) is 3.30. The third kappa shape index (κ3) is 4.19. The molecule has 1 atom stereocenters. The Morgan fingerprint density at radius 3 is 2.50 bits per heavy atom. The molecule has 1 aromatic heterocycles. The Balaban J connectivity index is 1.54. The van der Waals surface area contributed by atoms with E-state index in [1.54, 1.807) is 23.0 Å². The van der Waals surface area contributed by atoms with E-state index in [1.165, 1.54) is 12.1 Å². The fourth-order valence-electron chi connectivity index (χ4n) is 3.16. The van der Waals surface area contributed by atoms with Crippen LogP contribution in [0.3, 0.4) is 0 Å². The van der Waals surface area contributed by atoms with Crippen LogP contribution in [0.15, 0.2) is 60.8 Å². The van der Waals surface area contributed by atoms with Crippen LogP contribution in [0.1, 0.15) is 12.0 Å². The quantitative estimate of drug-likeness (QED) is 0.543. The third-order valence-electron chi connectivity index (χ3n) is 4.65. The third-order valence-corrected chi connectivity index (χ3v) is 4.65. The largest absolute Gasteiger partial charge is 0.352 e. The molecule has 1 saturated heterocycles. The van der Waals surface area contributed by atoms with Crippen LogP contribution < -0.4 is 16.0 Å². The molecule has 2 aromatic carbocycles. The molecule has 1 unspecified atom stereocenters. The van der Waals surface area contributed by atoms with Crippen molar-refractivity contribution < 1.29 is 18.8 Å². The number of carbonyl (C=O) groups excluding carboxylic acids is 3. The topological polar surface area (TPSA) is 105 Å². The zero-order valence-electron chi connectivity index (χ0n) is 15.8. The summed E-state index contributed by atoms with van der Waals surface area (Å²) in [5.74, 6) is -1.28. The summed E-state index contributed by atoms with van der Waals surface area (Å²) in [5.41, 5.74) is 2.87. The minimum Gasteiger partial charge on any atom is -0.352 e. The van der Waals surface area contributed by atoms with Crippen LogP contribution in [0.2, 0.25) is 0 Å². The molecule has 1 aliphatic heterocycles. The van der Waals surface area contributed by atoms with E-state index in [2.05, 4.69) is 21.0 Å². The van der Waals surface area contributed by atoms with Gasteiger partial charge in [0.05, 0.1) is 17.8 Å². The van der Waals surface area contributed by atoms with E-state index in [9.17, 15) is 18.8 Å². The van der Waals surface area contributed by atoms with Gasteiger partial charge in [-0.25, -0.2) is 13.9 Å². The van der Waals surface area contributed by atoms with Crippen LogP contribution in [0.4, 0.5) is 9.18 Å². The SMILES string of the molecule is O=C(CC1NC(=O)NC1=O)NCc1cn(-c2ccccc2)nc1-c1ccc(F)cc1. The summed E-state index contributed by atoms with van der Waals surface area (Å²) in [7, 11) is 0. The van der Waals surface area contributed by atoms with Crippen LogP contribution in [-0.4, -0.2) is 33.7 Å². The number of carbonyl (C=O) groups is 3. The Hall–Kier alpha value is -4.01. The number of nitrogens with zero attached hydrogens (tertiary/aromatic N) is 2. The lowest BCUT2D eigenvalue weighted by Crippen LogP contribution is -2.36. The molecule has 0 spiro atoms. The molecular weight excluding hydrogens is 389 g/mol. The standard InChI is InChI=1S/C21H18FN5O3/c22-15-8-6-13(7-9-15)19-14(12-27(26-19)16-4-2-1-3-5-16)11-23-18(28)10-17-20(29)25-21(30)24-17/h1-9,12,17H,10-11H2,(H,23,28)(H2,24,25,29,30). The first-order chi connectivity index (χ1) is 14.5. The van der Waals surface area contributed by atoms with Crippen molar-refractivity contribution in [2.75, 3.05) is 0 Å². The van der Waals surface area contributed by atoms with Crippen molar-refractivity contribution in [1.82, 2.24) is 25.7 Å². The Bertz CT molecular complexity index is 1100. The second-order valence-corrected chi connectivity index (χ2v) is 6.79. The summed E-state index contributed by atoms with van der Waals surface area (Å²) in [6.45, 7) is 0.153. The first-order valence-corrected chi connectivity index (χ1v) is 9.27. The van der Waals surface area contributed by atoms with Gasteiger partial charge in [-0.05, 0) is 36.4 Å². The fraction of sp³-hybridized carbons (Fsp3) is 0.143. The molecule has 30 heavy (non-hydrogen) atoms. The van der Waals surface area contributed by atoms with E-state index in [4.69, 9.17) is 0 Å². The maximum absolute atomic E-state index is 13.3. The second-order valence-electron chi connectivity index (χ2n) is 6.79. The van der Waals surface area contributed by atoms with Crippen LogP contribution in [-0.2, 0) is 16.1 Å². The highest BCUT2D eigenvalue weighted by atomic mass is 19.1. The van der Waals surface area contributed by atoms with Crippen molar-refractivity contribution in [3.63, 3.8) is 0 Å². The van der Waals surface area contributed by atoms with Gasteiger partial charge in [-0.3, -0.25) is 14.9 Å². The number of benzene rings is 2. The summed E-state index contributed by atoms with van der Waals surface area (Å²) >= 11 is 0. The van der Waals surface area contributed by atoms with E-state index < -0.39 is 23.9 Å². The molecule has 3 aromatic rings. The summed E-state index contributed by atoms with van der Waals surface area (Å²) in [6.07, 6.45) is 1.62. The Morgan fingerprint density at radius 2 is 1.83 bits per heavy atom. The number of halogens is 1. The zero-order valence-corrected chi connectivity index (χ0v) is 15.8. The van der Waals surface area contributed by atoms with Crippen molar-refractivity contribution in [1.29, 1.82) is 0 Å². The molecule has 0 radical (unpaired) electrons. The van der Waals surface area contributed by atoms with Gasteiger partial charge in [-0.2, -0.15) is 5.10 Å². The number of hydrogen-bond acceptors (Lipinski definition) is 4. The number of para-hydroxylation sites is 1. The van der Waals surface area contributed by atoms with Gasteiger partial charge in [0.15, 0.2) is 0 Å². The molecule has 0 aliphatic carbocycles. The maximum Gasteiger partial charge on any atom is 0.322 e. The predicted octanol–water partition coefficient (Wildman–Crippen LogP) is 1.89. The Morgan fingerprint density at radius 1 is 1.10 bits per heavy atom. The Kier molecular flexibility index (Phi) is 5.25. The van der Waals surface area contributed by atoms with Gasteiger partial charge in [0.2, 0.25) is 5.91 Å². The predicted molar refractivity (Wildman–Crippen MR) is 106 cm³/mol. The van der Waals surface area contributed by atoms with Gasteiger partial charge in [0, 0.05) is 23.9 Å². The van der Waals surface area contributed by atoms with Gasteiger partial charge >= 0.3 is 6.03 Å². The van der Waals surface area contributed by atoms with Crippen molar-refractivity contribution >= 4 is 17.8 Å². The van der Waals surface area contributed by atoms with Crippen LogP contribution in [0, 0.1) is 5.82 Å². The van der Waals surface area contributed by atoms with Gasteiger partial charge < -0.3 is 10.6 Å². The van der Waals surface area contributed by atoms with Gasteiger partial charge in [0.1, 0.15) is 11.9 Å². The minimum atomic E-state index is -0.888. The number of imide groups is 1. The highest BCUT2D eigenvalue weighted by molar-refractivity contribution is 6.05. The smallest absolute Gasteiger partial charge is 0.322 e. The van der Waals surface area contributed by atoms with E-state index in [-0.39, 0.29) is 18.8 Å². The summed E-state index contributed by atoms with van der Waals surface area (Å²) in [5, 5.41) is 11.8. The first kappa shape index (κ1) is 19.3. The highest BCUT2D eigenvalue weighted by Gasteiger charge is 2.31. The van der Waals surface area contributed by atoms with Crippen LogP contribution >= 0.6 is 0 Å². The molecule has 152 valence electrons. The molecule has 4 rings (SSSR count). The van der Waals surface area contributed by atoms with Crippen molar-refractivity contribution in [2.45, 2.75) is 19.0 Å². The highest BCUT2D eigenvalue weighted by Crippen LogP contribution is 2.24. The lowest BCUT2D eigenvalue weighted by molar-refractivity contribution is -0.126. The lowest BCUT2D eigenvalue weighted by Gasteiger charge is -2.08. The summed E-state index contributed by atoms with van der Waals surface area (Å²) in [6, 6.07) is 13.9. The molecule has 9 heteroatoms. The maximum atomic E-state index is 13.3. The normalized spacial score (nSPS) is 15.6. The number of urea groups is 1. The molecule has 8 nitrogen and oxygen atoms in total. The van der Waals surface area contributed by atoms with Crippen LogP contribution in [0.25, 0.3) is 16.9 Å². The fourth-order valence-corrected chi connectivity index (χ4v) is 3.16. The lowest BCUT2D eigenvalue weighted by atomic mass is 10.1. The monoisotopic (exact) mass is 407 g/mol.